The molecule has 0 amide bonds. The molecule has 0 aliphatic heterocycles. The summed E-state index contributed by atoms with van der Waals surface area (Å²) in [7, 11) is 8.27. The highest BCUT2D eigenvalue weighted by molar-refractivity contribution is 5.85. The summed E-state index contributed by atoms with van der Waals surface area (Å²) >= 11 is 0. The zero-order valence-corrected chi connectivity index (χ0v) is 29.3. The Morgan fingerprint density at radius 1 is 0.755 bits per heavy atom. The van der Waals surface area contributed by atoms with Gasteiger partial charge in [0.15, 0.2) is 0 Å². The molecule has 0 spiro atoms. The number of nitrogens with one attached hydrogen (secondary N) is 1. The maximum Gasteiger partial charge on any atom is 0.149 e. The van der Waals surface area contributed by atoms with Gasteiger partial charge in [0.1, 0.15) is 11.9 Å². The molecule has 7 rings (SSSR count). The zero-order chi connectivity index (χ0) is 34.3. The van der Waals surface area contributed by atoms with Crippen molar-refractivity contribution in [2.24, 2.45) is 11.3 Å². The number of hydrogen-bond acceptors (Lipinski definition) is 5. The zero-order valence-electron chi connectivity index (χ0n) is 29.3. The van der Waals surface area contributed by atoms with Crippen LogP contribution in [0.1, 0.15) is 44.5 Å². The van der Waals surface area contributed by atoms with E-state index in [9.17, 15) is 5.26 Å². The van der Waals surface area contributed by atoms with Crippen molar-refractivity contribution in [3.8, 4) is 6.07 Å². The van der Waals surface area contributed by atoms with Crippen LogP contribution < -0.4 is 14.7 Å². The number of nitrogens with zero attached hydrogens (tertiary/aromatic N) is 5. The van der Waals surface area contributed by atoms with Crippen molar-refractivity contribution in [3.63, 3.8) is 0 Å². The summed E-state index contributed by atoms with van der Waals surface area (Å²) in [6, 6.07) is 36.9. The molecule has 1 N–H and O–H groups in total. The van der Waals surface area contributed by atoms with Gasteiger partial charge in [0.25, 0.3) is 0 Å². The van der Waals surface area contributed by atoms with E-state index in [-0.39, 0.29) is 5.41 Å². The summed E-state index contributed by atoms with van der Waals surface area (Å²) in [6.07, 6.45) is 7.62. The molecular formula is C43H44N6. The Kier molecular flexibility index (Phi) is 8.38. The smallest absolute Gasteiger partial charge is 0.149 e. The number of rotatable bonds is 7. The topological polar surface area (TPSA) is 62.2 Å². The van der Waals surface area contributed by atoms with Crippen molar-refractivity contribution in [1.82, 2.24) is 9.97 Å². The molecule has 1 atom stereocenters. The predicted molar refractivity (Wildman–Crippen MR) is 206 cm³/mol. The predicted octanol–water partition coefficient (Wildman–Crippen LogP) is 10.3. The molecular weight excluding hydrogens is 601 g/mol. The lowest BCUT2D eigenvalue weighted by molar-refractivity contribution is 0.228. The molecule has 4 aromatic carbocycles. The highest BCUT2D eigenvalue weighted by atomic mass is 15.1. The van der Waals surface area contributed by atoms with Crippen molar-refractivity contribution < 1.29 is 0 Å². The van der Waals surface area contributed by atoms with E-state index >= 15 is 0 Å². The van der Waals surface area contributed by atoms with Crippen LogP contribution in [0.15, 0.2) is 120 Å². The average molecular weight is 645 g/mol. The number of hydrogen-bond donors (Lipinski definition) is 1. The summed E-state index contributed by atoms with van der Waals surface area (Å²) in [5.41, 5.74) is 13.1. The Morgan fingerprint density at radius 2 is 1.31 bits per heavy atom. The molecule has 1 unspecified atom stereocenters. The second kappa shape index (κ2) is 12.8. The number of H-pyrrole nitrogens is 1. The largest absolute Gasteiger partial charge is 0.378 e. The molecule has 0 bridgehead atoms. The summed E-state index contributed by atoms with van der Waals surface area (Å²) in [5, 5.41) is 10.3. The quantitative estimate of drug-likeness (QED) is 0.179. The van der Waals surface area contributed by atoms with Gasteiger partial charge in [0, 0.05) is 56.6 Å². The van der Waals surface area contributed by atoms with E-state index in [1.54, 1.807) is 0 Å². The maximum absolute atomic E-state index is 10.3. The second-order valence-electron chi connectivity index (χ2n) is 14.4. The van der Waals surface area contributed by atoms with Gasteiger partial charge in [-0.25, -0.2) is 4.98 Å². The van der Waals surface area contributed by atoms with Crippen molar-refractivity contribution in [1.29, 1.82) is 5.26 Å². The monoisotopic (exact) mass is 644 g/mol. The molecule has 246 valence electrons. The first-order chi connectivity index (χ1) is 23.6. The molecule has 0 fully saturated rings. The van der Waals surface area contributed by atoms with Crippen molar-refractivity contribution in [2.75, 3.05) is 42.9 Å². The number of anilines is 5. The third kappa shape index (κ3) is 6.25. The molecule has 49 heavy (non-hydrogen) atoms. The van der Waals surface area contributed by atoms with E-state index in [0.717, 1.165) is 52.9 Å². The van der Waals surface area contributed by atoms with E-state index in [0.29, 0.717) is 17.3 Å². The van der Waals surface area contributed by atoms with E-state index in [2.05, 4.69) is 153 Å². The summed E-state index contributed by atoms with van der Waals surface area (Å²) in [4.78, 5) is 14.7. The Balaban J connectivity index is 1.24. The Morgan fingerprint density at radius 3 is 1.86 bits per heavy atom. The highest BCUT2D eigenvalue weighted by Crippen LogP contribution is 2.51. The fourth-order valence-corrected chi connectivity index (χ4v) is 7.50. The molecule has 6 nitrogen and oxygen atoms in total. The summed E-state index contributed by atoms with van der Waals surface area (Å²) in [6.45, 7) is 4.69. The van der Waals surface area contributed by atoms with Gasteiger partial charge in [-0.15, -0.1) is 0 Å². The van der Waals surface area contributed by atoms with Crippen LogP contribution in [-0.4, -0.2) is 38.2 Å². The first-order valence-corrected chi connectivity index (χ1v) is 17.1. The third-order valence-corrected chi connectivity index (χ3v) is 10.2. The number of nitriles is 1. The van der Waals surface area contributed by atoms with Crippen LogP contribution in [0.2, 0.25) is 0 Å². The molecule has 6 heteroatoms. The lowest BCUT2D eigenvalue weighted by atomic mass is 9.62. The number of imidazole rings is 1. The molecule has 0 radical (unpaired) electrons. The first kappa shape index (κ1) is 32.0. The highest BCUT2D eigenvalue weighted by Gasteiger charge is 2.38. The second-order valence-corrected chi connectivity index (χ2v) is 14.4. The lowest BCUT2D eigenvalue weighted by Crippen LogP contribution is -2.31. The molecule has 0 saturated heterocycles. The fraction of sp³-hybridized carbons (Fsp3) is 0.256. The minimum atomic E-state index is 0.0319. The van der Waals surface area contributed by atoms with Crippen LogP contribution in [-0.2, 0) is 0 Å². The summed E-state index contributed by atoms with van der Waals surface area (Å²) in [5.74, 6) is 1.10. The van der Waals surface area contributed by atoms with Crippen molar-refractivity contribution in [2.45, 2.75) is 33.1 Å². The molecule has 1 heterocycles. The SMILES string of the molecule is CN(C)c1ccc(N(c2ccc(C3=CC4=C/C(=C(\C#N)c5nc6ccccc6[nH]5)CC(C)(C)C4CC3)cc2)c2ccc(N(C)C)cc2)cc1. The van der Waals surface area contributed by atoms with Crippen LogP contribution in [0.5, 0.6) is 0 Å². The molecule has 5 aromatic rings. The van der Waals surface area contributed by atoms with Crippen LogP contribution >= 0.6 is 0 Å². The van der Waals surface area contributed by atoms with Crippen LogP contribution in [0.3, 0.4) is 0 Å². The van der Waals surface area contributed by atoms with Gasteiger partial charge in [-0.3, -0.25) is 0 Å². The van der Waals surface area contributed by atoms with Crippen LogP contribution in [0.25, 0.3) is 22.2 Å². The van der Waals surface area contributed by atoms with E-state index in [4.69, 9.17) is 4.98 Å². The average Bonchev–Trinajstić information content (AvgIpc) is 3.53. The van der Waals surface area contributed by atoms with E-state index in [1.165, 1.54) is 28.1 Å². The minimum Gasteiger partial charge on any atom is -0.378 e. The normalized spacial score (nSPS) is 17.8. The number of benzene rings is 4. The number of para-hydroxylation sites is 2. The summed E-state index contributed by atoms with van der Waals surface area (Å²) < 4.78 is 0. The van der Waals surface area contributed by atoms with Crippen molar-refractivity contribution in [3.05, 3.63) is 132 Å². The molecule has 1 aromatic heterocycles. The molecule has 2 aliphatic rings. The third-order valence-electron chi connectivity index (χ3n) is 10.2. The molecule has 0 saturated carbocycles. The first-order valence-electron chi connectivity index (χ1n) is 17.1. The van der Waals surface area contributed by atoms with Gasteiger partial charge in [-0.1, -0.05) is 50.3 Å². The Hall–Kier alpha value is -5.54. The van der Waals surface area contributed by atoms with E-state index < -0.39 is 0 Å². The molecule has 2 aliphatic carbocycles. The standard InChI is InChI=1S/C43H44N6/c1-43(2)27-32(38(28-44)42-45-40-9-7-8-10-41(40)46-42)26-31-25-30(13-24-39(31)43)29-11-14-35(15-12-29)49(36-20-16-33(17-21-36)47(3)4)37-22-18-34(19-23-37)48(5)6/h7-12,14-23,25-26,39H,13,24,27H2,1-6H3,(H,45,46)/b38-32-. The lowest BCUT2D eigenvalue weighted by Gasteiger charge is -2.42. The number of aromatic amines is 1. The van der Waals surface area contributed by atoms with E-state index in [1.807, 2.05) is 24.3 Å². The van der Waals surface area contributed by atoms with Gasteiger partial charge in [0.05, 0.1) is 16.6 Å². The Bertz CT molecular complexity index is 2030. The van der Waals surface area contributed by atoms with Gasteiger partial charge in [0.2, 0.25) is 0 Å². The number of fused-ring (bicyclic) bond motifs is 2. The van der Waals surface area contributed by atoms with Gasteiger partial charge in [-0.2, -0.15) is 5.26 Å². The van der Waals surface area contributed by atoms with Gasteiger partial charge >= 0.3 is 0 Å². The van der Waals surface area contributed by atoms with Crippen molar-refractivity contribution >= 4 is 50.6 Å². The Labute approximate surface area is 290 Å². The van der Waals surface area contributed by atoms with Crippen LogP contribution in [0.4, 0.5) is 28.4 Å². The minimum absolute atomic E-state index is 0.0319. The van der Waals surface area contributed by atoms with Gasteiger partial charge in [-0.05, 0) is 126 Å². The van der Waals surface area contributed by atoms with Crippen LogP contribution in [0, 0.1) is 22.7 Å². The fourth-order valence-electron chi connectivity index (χ4n) is 7.50. The van der Waals surface area contributed by atoms with Gasteiger partial charge < -0.3 is 19.7 Å². The maximum atomic E-state index is 10.3. The number of aromatic nitrogens is 2. The number of allylic oxidation sites excluding steroid dienone is 6.